The summed E-state index contributed by atoms with van der Waals surface area (Å²) in [6.45, 7) is 6.19. The quantitative estimate of drug-likeness (QED) is 0.524. The number of nitrogens with one attached hydrogen (secondary N) is 1. The molecule has 3 nitrogen and oxygen atoms in total. The van der Waals surface area contributed by atoms with Crippen molar-refractivity contribution in [3.05, 3.63) is 0 Å². The van der Waals surface area contributed by atoms with Gasteiger partial charge in [-0.25, -0.2) is 0 Å². The summed E-state index contributed by atoms with van der Waals surface area (Å²) in [6, 6.07) is 0.292. The maximum atomic E-state index is 11.3. The molecular weight excluding hydrogens is 406 g/mol. The maximum Gasteiger partial charge on any atom is 0.0696 e. The van der Waals surface area contributed by atoms with Crippen LogP contribution in [0, 0.1) is 57.7 Å². The molecule has 186 valence electrons. The Morgan fingerprint density at radius 2 is 1.39 bits per heavy atom. The zero-order chi connectivity index (χ0) is 22.6. The van der Waals surface area contributed by atoms with Crippen LogP contribution in [0.5, 0.6) is 0 Å². The normalized spacial score (nSPS) is 61.5. The third-order valence-electron chi connectivity index (χ3n) is 13.6. The lowest BCUT2D eigenvalue weighted by Crippen LogP contribution is -2.60. The fourth-order valence-electron chi connectivity index (χ4n) is 12.3. The van der Waals surface area contributed by atoms with E-state index < -0.39 is 0 Å². The third-order valence-corrected chi connectivity index (χ3v) is 13.6. The van der Waals surface area contributed by atoms with Crippen LogP contribution in [0.2, 0.25) is 0 Å². The van der Waals surface area contributed by atoms with Gasteiger partial charge in [-0.2, -0.15) is 0 Å². The summed E-state index contributed by atoms with van der Waals surface area (Å²) in [5, 5.41) is 26.1. The minimum absolute atomic E-state index is 0.0724. The summed E-state index contributed by atoms with van der Waals surface area (Å²) in [5.74, 6) is 6.06. The van der Waals surface area contributed by atoms with Crippen molar-refractivity contribution in [1.82, 2.24) is 5.32 Å². The number of hydrogen-bond donors (Lipinski definition) is 3. The lowest BCUT2D eigenvalue weighted by atomic mass is 9.44. The lowest BCUT2D eigenvalue weighted by Gasteiger charge is -2.62. The molecule has 0 saturated heterocycles. The van der Waals surface area contributed by atoms with E-state index in [1.165, 1.54) is 83.6 Å². The molecule has 3 heteroatoms. The van der Waals surface area contributed by atoms with E-state index in [2.05, 4.69) is 19.2 Å². The van der Waals surface area contributed by atoms with Gasteiger partial charge in [0.15, 0.2) is 0 Å². The van der Waals surface area contributed by atoms with Crippen molar-refractivity contribution in [2.45, 2.75) is 122 Å². The molecule has 0 aromatic rings. The summed E-state index contributed by atoms with van der Waals surface area (Å²) < 4.78 is 0. The molecule has 0 spiro atoms. The highest BCUT2D eigenvalue weighted by atomic mass is 16.3. The fraction of sp³-hybridized carbons (Fsp3) is 1.00. The predicted molar refractivity (Wildman–Crippen MR) is 132 cm³/mol. The lowest BCUT2D eigenvalue weighted by molar-refractivity contribution is -0.142. The Bertz CT molecular complexity index is 746. The second kappa shape index (κ2) is 7.45. The van der Waals surface area contributed by atoms with Crippen molar-refractivity contribution in [3.8, 4) is 0 Å². The number of aliphatic hydroxyl groups is 2. The first-order chi connectivity index (χ1) is 15.8. The van der Waals surface area contributed by atoms with Crippen molar-refractivity contribution in [3.63, 3.8) is 0 Å². The van der Waals surface area contributed by atoms with Gasteiger partial charge in [0.05, 0.1) is 12.2 Å². The molecule has 0 amide bonds. The number of rotatable bonds is 3. The number of aliphatic hydroxyl groups excluding tert-OH is 2. The highest BCUT2D eigenvalue weighted by molar-refractivity contribution is 5.11. The Morgan fingerprint density at radius 1 is 0.727 bits per heavy atom. The van der Waals surface area contributed by atoms with Crippen molar-refractivity contribution in [1.29, 1.82) is 0 Å². The van der Waals surface area contributed by atoms with Gasteiger partial charge in [0.25, 0.3) is 0 Å². The number of fused-ring (bicyclic) bond motifs is 5. The van der Waals surface area contributed by atoms with Crippen LogP contribution in [0.15, 0.2) is 0 Å². The van der Waals surface area contributed by atoms with E-state index in [0.717, 1.165) is 48.3 Å². The smallest absolute Gasteiger partial charge is 0.0696 e. The largest absolute Gasteiger partial charge is 0.393 e. The SMILES string of the molecule is C[C@]12C[C@H](NCC34CC5CC(CC(C5)C3)C4)[C@@H](O)C[C@@H]1CC[C@@H]1[C@@H]2CC[C@]2(C)[C@@H](O)CC[C@@H]12. The summed E-state index contributed by atoms with van der Waals surface area (Å²) >= 11 is 0. The summed E-state index contributed by atoms with van der Waals surface area (Å²) in [4.78, 5) is 0. The predicted octanol–water partition coefficient (Wildman–Crippen LogP) is 5.54. The molecule has 8 fully saturated rings. The van der Waals surface area contributed by atoms with E-state index in [1.54, 1.807) is 0 Å². The second-order valence-electron chi connectivity index (χ2n) is 15.2. The van der Waals surface area contributed by atoms with Gasteiger partial charge in [0.2, 0.25) is 0 Å². The van der Waals surface area contributed by atoms with E-state index in [1.807, 2.05) is 0 Å². The van der Waals surface area contributed by atoms with E-state index >= 15 is 0 Å². The first kappa shape index (κ1) is 22.1. The van der Waals surface area contributed by atoms with Gasteiger partial charge >= 0.3 is 0 Å². The average Bonchev–Trinajstić information content (AvgIpc) is 3.06. The monoisotopic (exact) mass is 455 g/mol. The van der Waals surface area contributed by atoms with Gasteiger partial charge in [-0.15, -0.1) is 0 Å². The molecule has 8 aliphatic carbocycles. The van der Waals surface area contributed by atoms with Gasteiger partial charge in [-0.05, 0) is 148 Å². The van der Waals surface area contributed by atoms with Gasteiger partial charge in [-0.1, -0.05) is 13.8 Å². The molecule has 33 heavy (non-hydrogen) atoms. The summed E-state index contributed by atoms with van der Waals surface area (Å²) in [6.07, 6.45) is 18.3. The Balaban J connectivity index is 1.08. The first-order valence-corrected chi connectivity index (χ1v) is 14.9. The molecule has 8 rings (SSSR count). The van der Waals surface area contributed by atoms with Crippen molar-refractivity contribution >= 4 is 0 Å². The van der Waals surface area contributed by atoms with Crippen LogP contribution in [-0.4, -0.2) is 35.0 Å². The second-order valence-corrected chi connectivity index (χ2v) is 15.2. The van der Waals surface area contributed by atoms with Gasteiger partial charge in [-0.3, -0.25) is 0 Å². The maximum absolute atomic E-state index is 11.3. The molecular formula is C30H49NO2. The average molecular weight is 456 g/mol. The van der Waals surface area contributed by atoms with Crippen LogP contribution in [0.4, 0.5) is 0 Å². The molecule has 3 N–H and O–H groups in total. The van der Waals surface area contributed by atoms with Gasteiger partial charge in [0.1, 0.15) is 0 Å². The standard InChI is InChI=1S/C30H49NO2/c1-28-8-7-24-22(23(28)5-6-27(28)33)4-3-21-12-26(32)25(16-29(21,24)2)31-17-30-13-18-9-19(14-30)11-20(10-18)15-30/h18-27,31-33H,3-17H2,1-2H3/t18?,19?,20?,21-,22-,23-,24-,25-,26-,27-,28-,29-,30?/m0/s1. The van der Waals surface area contributed by atoms with Crippen LogP contribution in [0.1, 0.15) is 104 Å². The van der Waals surface area contributed by atoms with Crippen molar-refractivity contribution in [2.75, 3.05) is 6.54 Å². The Kier molecular flexibility index (Phi) is 4.99. The zero-order valence-electron chi connectivity index (χ0n) is 21.3. The summed E-state index contributed by atoms with van der Waals surface area (Å²) in [5.41, 5.74) is 1.10. The zero-order valence-corrected chi connectivity index (χ0v) is 21.3. The molecule has 0 unspecified atom stereocenters. The molecule has 8 saturated carbocycles. The first-order valence-electron chi connectivity index (χ1n) is 14.9. The molecule has 4 bridgehead atoms. The Morgan fingerprint density at radius 3 is 2.09 bits per heavy atom. The minimum Gasteiger partial charge on any atom is -0.393 e. The van der Waals surface area contributed by atoms with Crippen LogP contribution in [0.3, 0.4) is 0 Å². The minimum atomic E-state index is -0.157. The molecule has 9 atom stereocenters. The third kappa shape index (κ3) is 3.23. The summed E-state index contributed by atoms with van der Waals surface area (Å²) in [7, 11) is 0. The van der Waals surface area contributed by atoms with Crippen molar-refractivity contribution in [2.24, 2.45) is 57.7 Å². The van der Waals surface area contributed by atoms with E-state index in [9.17, 15) is 10.2 Å². The molecule has 8 aliphatic rings. The van der Waals surface area contributed by atoms with Gasteiger partial charge < -0.3 is 15.5 Å². The topological polar surface area (TPSA) is 52.5 Å². The highest BCUT2D eigenvalue weighted by Crippen LogP contribution is 2.66. The molecule has 0 heterocycles. The Labute approximate surface area is 201 Å². The van der Waals surface area contributed by atoms with Crippen LogP contribution in [0.25, 0.3) is 0 Å². The molecule has 0 aromatic carbocycles. The fourth-order valence-corrected chi connectivity index (χ4v) is 12.3. The van der Waals surface area contributed by atoms with Crippen LogP contribution < -0.4 is 5.32 Å². The van der Waals surface area contributed by atoms with Crippen LogP contribution >= 0.6 is 0 Å². The van der Waals surface area contributed by atoms with Crippen LogP contribution in [-0.2, 0) is 0 Å². The molecule has 0 aliphatic heterocycles. The Hall–Kier alpha value is -0.120. The van der Waals surface area contributed by atoms with Crippen molar-refractivity contribution < 1.29 is 10.2 Å². The van der Waals surface area contributed by atoms with E-state index in [0.29, 0.717) is 22.8 Å². The van der Waals surface area contributed by atoms with E-state index in [-0.39, 0.29) is 17.6 Å². The molecule has 0 aromatic heterocycles. The van der Waals surface area contributed by atoms with E-state index in [4.69, 9.17) is 0 Å². The molecule has 0 radical (unpaired) electrons. The van der Waals surface area contributed by atoms with Gasteiger partial charge in [0, 0.05) is 12.6 Å². The highest BCUT2D eigenvalue weighted by Gasteiger charge is 2.61. The number of hydrogen-bond acceptors (Lipinski definition) is 3.